The third-order valence-corrected chi connectivity index (χ3v) is 3.51. The van der Waals surface area contributed by atoms with Gasteiger partial charge in [-0.2, -0.15) is 10.1 Å². The minimum Gasteiger partial charge on any atom is -0.338 e. The minimum atomic E-state index is 0.165. The molecule has 19 heavy (non-hydrogen) atoms. The molecule has 1 atom stereocenters. The van der Waals surface area contributed by atoms with E-state index in [-0.39, 0.29) is 6.04 Å². The van der Waals surface area contributed by atoms with E-state index in [1.54, 1.807) is 6.20 Å². The molecule has 1 fully saturated rings. The Bertz CT molecular complexity index is 522. The second kappa shape index (κ2) is 5.10. The lowest BCUT2D eigenvalue weighted by atomic mass is 10.1. The Kier molecular flexibility index (Phi) is 3.31. The lowest BCUT2D eigenvalue weighted by molar-refractivity contribution is 0.0707. The summed E-state index contributed by atoms with van der Waals surface area (Å²) >= 11 is 0. The molecule has 7 heteroatoms. The summed E-state index contributed by atoms with van der Waals surface area (Å²) in [6, 6.07) is 2.17. The van der Waals surface area contributed by atoms with Gasteiger partial charge in [0, 0.05) is 38.1 Å². The SMILES string of the molecule is Cc1noc([C@H]2CN(Cc3ccn[nH]3)CCN2C)n1. The Balaban J connectivity index is 1.70. The highest BCUT2D eigenvalue weighted by molar-refractivity contribution is 5.00. The number of aromatic amines is 1. The molecule has 1 saturated heterocycles. The van der Waals surface area contributed by atoms with Crippen molar-refractivity contribution in [3.63, 3.8) is 0 Å². The molecular weight excluding hydrogens is 244 g/mol. The van der Waals surface area contributed by atoms with Crippen molar-refractivity contribution in [2.75, 3.05) is 26.7 Å². The lowest BCUT2D eigenvalue weighted by Gasteiger charge is -2.37. The van der Waals surface area contributed by atoms with Gasteiger partial charge < -0.3 is 4.52 Å². The van der Waals surface area contributed by atoms with E-state index in [9.17, 15) is 0 Å². The van der Waals surface area contributed by atoms with Gasteiger partial charge in [-0.3, -0.25) is 14.9 Å². The van der Waals surface area contributed by atoms with E-state index in [1.807, 2.05) is 13.0 Å². The van der Waals surface area contributed by atoms with Gasteiger partial charge in [0.05, 0.1) is 0 Å². The van der Waals surface area contributed by atoms with Gasteiger partial charge in [-0.05, 0) is 20.0 Å². The van der Waals surface area contributed by atoms with E-state index in [0.717, 1.165) is 31.9 Å². The summed E-state index contributed by atoms with van der Waals surface area (Å²) in [4.78, 5) is 8.98. The van der Waals surface area contributed by atoms with Crippen LogP contribution < -0.4 is 0 Å². The highest BCUT2D eigenvalue weighted by Gasteiger charge is 2.29. The van der Waals surface area contributed by atoms with Crippen molar-refractivity contribution < 1.29 is 4.52 Å². The topological polar surface area (TPSA) is 74.1 Å². The number of nitrogens with one attached hydrogen (secondary N) is 1. The van der Waals surface area contributed by atoms with Gasteiger partial charge in [0.25, 0.3) is 0 Å². The number of likely N-dealkylation sites (N-methyl/N-ethyl adjacent to an activating group) is 1. The van der Waals surface area contributed by atoms with Crippen LogP contribution >= 0.6 is 0 Å². The first-order valence-corrected chi connectivity index (χ1v) is 6.43. The molecule has 1 N–H and O–H groups in total. The molecule has 7 nitrogen and oxygen atoms in total. The van der Waals surface area contributed by atoms with Crippen molar-refractivity contribution in [3.05, 3.63) is 29.7 Å². The standard InChI is InChI=1S/C12H18N6O/c1-9-14-12(19-16-9)11-8-18(6-5-17(11)2)7-10-3-4-13-15-10/h3-4,11H,5-8H2,1-2H3,(H,13,15)/t11-/m1/s1. The second-order valence-electron chi connectivity index (χ2n) is 4.99. The fourth-order valence-corrected chi connectivity index (χ4v) is 2.40. The van der Waals surface area contributed by atoms with Crippen LogP contribution in [0.4, 0.5) is 0 Å². The van der Waals surface area contributed by atoms with Crippen molar-refractivity contribution in [1.29, 1.82) is 0 Å². The van der Waals surface area contributed by atoms with Gasteiger partial charge >= 0.3 is 0 Å². The second-order valence-corrected chi connectivity index (χ2v) is 4.99. The molecule has 0 bridgehead atoms. The molecule has 0 radical (unpaired) electrons. The predicted octanol–water partition coefficient (Wildman–Crippen LogP) is 0.590. The summed E-state index contributed by atoms with van der Waals surface area (Å²) in [6.07, 6.45) is 1.78. The smallest absolute Gasteiger partial charge is 0.245 e. The van der Waals surface area contributed by atoms with Crippen LogP contribution in [0.1, 0.15) is 23.5 Å². The maximum absolute atomic E-state index is 5.31. The van der Waals surface area contributed by atoms with Gasteiger partial charge in [-0.15, -0.1) is 0 Å². The lowest BCUT2D eigenvalue weighted by Crippen LogP contribution is -2.46. The number of piperazine rings is 1. The van der Waals surface area contributed by atoms with E-state index in [1.165, 1.54) is 0 Å². The molecule has 1 aliphatic heterocycles. The first kappa shape index (κ1) is 12.3. The number of rotatable bonds is 3. The summed E-state index contributed by atoms with van der Waals surface area (Å²) in [5.74, 6) is 1.39. The van der Waals surface area contributed by atoms with Crippen LogP contribution in [0, 0.1) is 6.92 Å². The van der Waals surface area contributed by atoms with Crippen molar-refractivity contribution >= 4 is 0 Å². The Morgan fingerprint density at radius 2 is 2.37 bits per heavy atom. The Hall–Kier alpha value is -1.73. The highest BCUT2D eigenvalue weighted by atomic mass is 16.5. The minimum absolute atomic E-state index is 0.165. The number of aryl methyl sites for hydroxylation is 1. The maximum Gasteiger partial charge on any atom is 0.245 e. The highest BCUT2D eigenvalue weighted by Crippen LogP contribution is 2.23. The molecule has 0 spiro atoms. The number of hydrogen-bond acceptors (Lipinski definition) is 6. The van der Waals surface area contributed by atoms with Gasteiger partial charge in [0.15, 0.2) is 5.82 Å². The molecule has 0 unspecified atom stereocenters. The maximum atomic E-state index is 5.31. The molecule has 0 aromatic carbocycles. The van der Waals surface area contributed by atoms with E-state index in [4.69, 9.17) is 4.52 Å². The van der Waals surface area contributed by atoms with Crippen molar-refractivity contribution in [2.45, 2.75) is 19.5 Å². The average Bonchev–Trinajstić information content (AvgIpc) is 3.03. The van der Waals surface area contributed by atoms with Crippen LogP contribution in [-0.4, -0.2) is 56.8 Å². The van der Waals surface area contributed by atoms with Crippen LogP contribution in [-0.2, 0) is 6.54 Å². The first-order valence-electron chi connectivity index (χ1n) is 6.43. The van der Waals surface area contributed by atoms with Crippen LogP contribution in [0.25, 0.3) is 0 Å². The summed E-state index contributed by atoms with van der Waals surface area (Å²) < 4.78 is 5.31. The van der Waals surface area contributed by atoms with Crippen molar-refractivity contribution in [3.8, 4) is 0 Å². The van der Waals surface area contributed by atoms with Crippen LogP contribution in [0.3, 0.4) is 0 Å². The molecule has 2 aromatic rings. The zero-order chi connectivity index (χ0) is 13.2. The summed E-state index contributed by atoms with van der Waals surface area (Å²) in [7, 11) is 2.09. The molecule has 0 amide bonds. The normalized spacial score (nSPS) is 21.9. The molecule has 1 aliphatic rings. The summed E-state index contributed by atoms with van der Waals surface area (Å²) in [6.45, 7) is 5.62. The Morgan fingerprint density at radius 3 is 3.05 bits per heavy atom. The van der Waals surface area contributed by atoms with E-state index >= 15 is 0 Å². The molecule has 102 valence electrons. The number of nitrogens with zero attached hydrogens (tertiary/aromatic N) is 5. The van der Waals surface area contributed by atoms with Gasteiger partial charge in [-0.1, -0.05) is 5.16 Å². The number of hydrogen-bond donors (Lipinski definition) is 1. The molecule has 3 rings (SSSR count). The van der Waals surface area contributed by atoms with Crippen LogP contribution in [0.5, 0.6) is 0 Å². The number of aromatic nitrogens is 4. The van der Waals surface area contributed by atoms with Crippen molar-refractivity contribution in [1.82, 2.24) is 30.1 Å². The quantitative estimate of drug-likeness (QED) is 0.872. The van der Waals surface area contributed by atoms with Gasteiger partial charge in [-0.25, -0.2) is 0 Å². The zero-order valence-electron chi connectivity index (χ0n) is 11.2. The third-order valence-electron chi connectivity index (χ3n) is 3.51. The average molecular weight is 262 g/mol. The Morgan fingerprint density at radius 1 is 1.47 bits per heavy atom. The molecular formula is C12H18N6O. The van der Waals surface area contributed by atoms with E-state index in [0.29, 0.717) is 11.7 Å². The van der Waals surface area contributed by atoms with Crippen molar-refractivity contribution in [2.24, 2.45) is 0 Å². The first-order chi connectivity index (χ1) is 9.22. The molecule has 0 aliphatic carbocycles. The zero-order valence-corrected chi connectivity index (χ0v) is 11.2. The molecule has 2 aromatic heterocycles. The predicted molar refractivity (Wildman–Crippen MR) is 68.3 cm³/mol. The van der Waals surface area contributed by atoms with Crippen LogP contribution in [0.2, 0.25) is 0 Å². The van der Waals surface area contributed by atoms with Gasteiger partial charge in [0.1, 0.15) is 6.04 Å². The summed E-state index contributed by atoms with van der Waals surface area (Å²) in [5.41, 5.74) is 1.13. The van der Waals surface area contributed by atoms with E-state index < -0.39 is 0 Å². The summed E-state index contributed by atoms with van der Waals surface area (Å²) in [5, 5.41) is 10.9. The van der Waals surface area contributed by atoms with E-state index in [2.05, 4.69) is 37.2 Å². The fraction of sp³-hybridized carbons (Fsp3) is 0.583. The Labute approximate surface area is 111 Å². The number of H-pyrrole nitrogens is 1. The monoisotopic (exact) mass is 262 g/mol. The third kappa shape index (κ3) is 2.66. The van der Waals surface area contributed by atoms with Gasteiger partial charge in [0.2, 0.25) is 5.89 Å². The van der Waals surface area contributed by atoms with Crippen LogP contribution in [0.15, 0.2) is 16.8 Å². The largest absolute Gasteiger partial charge is 0.338 e. The molecule has 3 heterocycles. The fourth-order valence-electron chi connectivity index (χ4n) is 2.40. The molecule has 0 saturated carbocycles.